The van der Waals surface area contributed by atoms with Crippen molar-refractivity contribution in [2.75, 3.05) is 26.2 Å². The van der Waals surface area contributed by atoms with Crippen molar-refractivity contribution in [3.05, 3.63) is 87.6 Å². The normalized spacial score (nSPS) is 16.5. The number of likely N-dealkylation sites (tertiary alicyclic amines) is 1. The summed E-state index contributed by atoms with van der Waals surface area (Å²) in [6.45, 7) is 3.95. The molecule has 0 aliphatic carbocycles. The number of nitrogens with zero attached hydrogens (tertiary/aromatic N) is 2. The van der Waals surface area contributed by atoms with Crippen molar-refractivity contribution in [2.45, 2.75) is 25.7 Å². The first-order valence-corrected chi connectivity index (χ1v) is 11.7. The van der Waals surface area contributed by atoms with Gasteiger partial charge in [-0.1, -0.05) is 42.5 Å². The average Bonchev–Trinajstić information content (AvgIpc) is 3.42. The third-order valence-electron chi connectivity index (χ3n) is 5.73. The molecule has 3 aromatic rings. The van der Waals surface area contributed by atoms with E-state index in [1.54, 1.807) is 23.5 Å². The maximum atomic E-state index is 13.0. The highest BCUT2D eigenvalue weighted by Crippen LogP contribution is 2.17. The number of carbonyl (C=O) groups excluding carboxylic acids is 1. The number of halogens is 1. The first-order chi connectivity index (χ1) is 15.1. The number of rotatable bonds is 9. The van der Waals surface area contributed by atoms with Crippen LogP contribution in [0, 0.1) is 11.7 Å². The van der Waals surface area contributed by atoms with Crippen molar-refractivity contribution in [1.82, 2.24) is 15.2 Å². The molecule has 1 unspecified atom stereocenters. The maximum Gasteiger partial charge on any atom is 0.226 e. The molecule has 162 valence electrons. The lowest BCUT2D eigenvalue weighted by Crippen LogP contribution is -2.32. The van der Waals surface area contributed by atoms with E-state index in [2.05, 4.69) is 45.5 Å². The lowest BCUT2D eigenvalue weighted by atomic mass is 10.1. The molecule has 2 heterocycles. The van der Waals surface area contributed by atoms with Gasteiger partial charge >= 0.3 is 0 Å². The summed E-state index contributed by atoms with van der Waals surface area (Å²) in [6, 6.07) is 17.1. The van der Waals surface area contributed by atoms with E-state index in [0.717, 1.165) is 55.3 Å². The number of thiazole rings is 1. The Labute approximate surface area is 187 Å². The van der Waals surface area contributed by atoms with Crippen LogP contribution in [0.15, 0.2) is 60.0 Å². The number of hydrogen-bond acceptors (Lipinski definition) is 4. The monoisotopic (exact) mass is 437 g/mol. The van der Waals surface area contributed by atoms with E-state index >= 15 is 0 Å². The van der Waals surface area contributed by atoms with Crippen LogP contribution in [-0.2, 0) is 24.1 Å². The molecule has 1 saturated heterocycles. The van der Waals surface area contributed by atoms with Crippen LogP contribution in [-0.4, -0.2) is 42.0 Å². The standard InChI is InChI=1S/C25H28FN3OS/c26-22-8-6-20(7-9-22)14-25-28-23(18-31-25)15-24(30)27-16-21-11-13-29(17-21)12-10-19-4-2-1-3-5-19/h1-9,18,21H,10-17H2,(H,27,30). The molecule has 6 heteroatoms. The average molecular weight is 438 g/mol. The number of amides is 1. The minimum absolute atomic E-state index is 0.0290. The van der Waals surface area contributed by atoms with Crippen molar-refractivity contribution in [3.8, 4) is 0 Å². The van der Waals surface area contributed by atoms with Gasteiger partial charge in [0.2, 0.25) is 5.91 Å². The molecule has 0 saturated carbocycles. The summed E-state index contributed by atoms with van der Waals surface area (Å²) in [5.41, 5.74) is 3.20. The SMILES string of the molecule is O=C(Cc1csc(Cc2ccc(F)cc2)n1)NCC1CCN(CCc2ccccc2)C1. The molecule has 1 aromatic heterocycles. The van der Waals surface area contributed by atoms with Gasteiger partial charge in [-0.15, -0.1) is 11.3 Å². The highest BCUT2D eigenvalue weighted by atomic mass is 32.1. The lowest BCUT2D eigenvalue weighted by Gasteiger charge is -2.16. The first-order valence-electron chi connectivity index (χ1n) is 10.8. The van der Waals surface area contributed by atoms with Crippen LogP contribution in [0.3, 0.4) is 0 Å². The van der Waals surface area contributed by atoms with Crippen LogP contribution in [0.5, 0.6) is 0 Å². The molecule has 4 nitrogen and oxygen atoms in total. The van der Waals surface area contributed by atoms with Gasteiger partial charge in [-0.2, -0.15) is 0 Å². The van der Waals surface area contributed by atoms with Gasteiger partial charge in [0.25, 0.3) is 0 Å². The number of benzene rings is 2. The Bertz CT molecular complexity index is 974. The Hall–Kier alpha value is -2.57. The van der Waals surface area contributed by atoms with Crippen LogP contribution in [0.2, 0.25) is 0 Å². The number of aromatic nitrogens is 1. The number of carbonyl (C=O) groups is 1. The summed E-state index contributed by atoms with van der Waals surface area (Å²) in [6.07, 6.45) is 3.18. The first kappa shape index (κ1) is 21.7. The molecule has 0 spiro atoms. The summed E-state index contributed by atoms with van der Waals surface area (Å²) in [4.78, 5) is 19.4. The van der Waals surface area contributed by atoms with Gasteiger partial charge in [0.15, 0.2) is 0 Å². The molecule has 31 heavy (non-hydrogen) atoms. The minimum atomic E-state index is -0.234. The van der Waals surface area contributed by atoms with E-state index in [4.69, 9.17) is 0 Å². The predicted molar refractivity (Wildman–Crippen MR) is 123 cm³/mol. The van der Waals surface area contributed by atoms with Crippen molar-refractivity contribution >= 4 is 17.2 Å². The number of hydrogen-bond donors (Lipinski definition) is 1. The number of nitrogens with one attached hydrogen (secondary N) is 1. The quantitative estimate of drug-likeness (QED) is 0.548. The topological polar surface area (TPSA) is 45.2 Å². The lowest BCUT2D eigenvalue weighted by molar-refractivity contribution is -0.120. The Morgan fingerprint density at radius 3 is 2.74 bits per heavy atom. The highest BCUT2D eigenvalue weighted by molar-refractivity contribution is 7.09. The molecule has 1 N–H and O–H groups in total. The van der Waals surface area contributed by atoms with Gasteiger partial charge < -0.3 is 10.2 Å². The van der Waals surface area contributed by atoms with Crippen LogP contribution in [0.4, 0.5) is 4.39 Å². The molecular weight excluding hydrogens is 409 g/mol. The van der Waals surface area contributed by atoms with Crippen LogP contribution < -0.4 is 5.32 Å². The zero-order valence-electron chi connectivity index (χ0n) is 17.6. The summed E-state index contributed by atoms with van der Waals surface area (Å²) in [5, 5.41) is 5.98. The molecular formula is C25H28FN3OS. The van der Waals surface area contributed by atoms with Crippen LogP contribution >= 0.6 is 11.3 Å². The van der Waals surface area contributed by atoms with Gasteiger partial charge in [0, 0.05) is 31.4 Å². The summed E-state index contributed by atoms with van der Waals surface area (Å²) in [5.74, 6) is 0.312. The Balaban J connectivity index is 1.16. The van der Waals surface area contributed by atoms with E-state index in [1.165, 1.54) is 17.7 Å². The molecule has 0 bridgehead atoms. The Kier molecular flexibility index (Phi) is 7.43. The molecule has 1 amide bonds. The molecule has 2 aromatic carbocycles. The molecule has 4 rings (SSSR count). The highest BCUT2D eigenvalue weighted by Gasteiger charge is 2.22. The second kappa shape index (κ2) is 10.6. The molecule has 1 aliphatic heterocycles. The molecule has 1 fully saturated rings. The second-order valence-electron chi connectivity index (χ2n) is 8.21. The van der Waals surface area contributed by atoms with Gasteiger partial charge in [0.1, 0.15) is 5.82 Å². The Morgan fingerprint density at radius 2 is 1.94 bits per heavy atom. The molecule has 0 radical (unpaired) electrons. The summed E-state index contributed by atoms with van der Waals surface area (Å²) < 4.78 is 13.0. The van der Waals surface area contributed by atoms with E-state index in [1.807, 2.05) is 5.38 Å². The van der Waals surface area contributed by atoms with Gasteiger partial charge in [-0.3, -0.25) is 4.79 Å². The van der Waals surface area contributed by atoms with Crippen molar-refractivity contribution in [1.29, 1.82) is 0 Å². The zero-order chi connectivity index (χ0) is 21.5. The largest absolute Gasteiger partial charge is 0.355 e. The maximum absolute atomic E-state index is 13.0. The van der Waals surface area contributed by atoms with E-state index in [0.29, 0.717) is 18.8 Å². The molecule has 1 aliphatic rings. The summed E-state index contributed by atoms with van der Waals surface area (Å²) >= 11 is 1.55. The van der Waals surface area contributed by atoms with E-state index in [-0.39, 0.29) is 11.7 Å². The van der Waals surface area contributed by atoms with Crippen molar-refractivity contribution in [2.24, 2.45) is 5.92 Å². The van der Waals surface area contributed by atoms with Crippen molar-refractivity contribution < 1.29 is 9.18 Å². The molecule has 1 atom stereocenters. The third-order valence-corrected chi connectivity index (χ3v) is 6.62. The third kappa shape index (κ3) is 6.71. The van der Waals surface area contributed by atoms with Crippen LogP contribution in [0.25, 0.3) is 0 Å². The Morgan fingerprint density at radius 1 is 1.13 bits per heavy atom. The van der Waals surface area contributed by atoms with Gasteiger partial charge in [0.05, 0.1) is 17.1 Å². The van der Waals surface area contributed by atoms with E-state index in [9.17, 15) is 9.18 Å². The zero-order valence-corrected chi connectivity index (χ0v) is 18.4. The van der Waals surface area contributed by atoms with Gasteiger partial charge in [-0.25, -0.2) is 9.37 Å². The predicted octanol–water partition coefficient (Wildman–Crippen LogP) is 4.10. The van der Waals surface area contributed by atoms with Crippen LogP contribution in [0.1, 0.15) is 28.2 Å². The fraction of sp³-hybridized carbons (Fsp3) is 0.360. The fourth-order valence-corrected chi connectivity index (χ4v) is 4.82. The summed E-state index contributed by atoms with van der Waals surface area (Å²) in [7, 11) is 0. The smallest absolute Gasteiger partial charge is 0.226 e. The van der Waals surface area contributed by atoms with Crippen molar-refractivity contribution in [3.63, 3.8) is 0 Å². The fourth-order valence-electron chi connectivity index (χ4n) is 3.99. The van der Waals surface area contributed by atoms with E-state index < -0.39 is 0 Å². The van der Waals surface area contributed by atoms with Gasteiger partial charge in [-0.05, 0) is 48.6 Å². The second-order valence-corrected chi connectivity index (χ2v) is 9.15. The minimum Gasteiger partial charge on any atom is -0.355 e.